The van der Waals surface area contributed by atoms with Crippen LogP contribution in [-0.4, -0.2) is 59.4 Å². The lowest BCUT2D eigenvalue weighted by Crippen LogP contribution is -2.52. The van der Waals surface area contributed by atoms with Crippen molar-refractivity contribution in [1.29, 1.82) is 0 Å². The van der Waals surface area contributed by atoms with E-state index in [-0.39, 0.29) is 28.6 Å². The average Bonchev–Trinajstić information content (AvgIpc) is 2.80. The first kappa shape index (κ1) is 32.4. The molecule has 1 aliphatic rings. The summed E-state index contributed by atoms with van der Waals surface area (Å²) in [4.78, 5) is 11.9. The Labute approximate surface area is 235 Å². The van der Waals surface area contributed by atoms with Crippen LogP contribution in [0.25, 0.3) is 0 Å². The van der Waals surface area contributed by atoms with Crippen LogP contribution in [0.4, 0.5) is 33.7 Å². The smallest absolute Gasteiger partial charge is 0.427 e. The quantitative estimate of drug-likeness (QED) is 0.377. The number of ether oxygens (including phenoxy) is 2. The summed E-state index contributed by atoms with van der Waals surface area (Å²) in [5.41, 5.74) is -3.85. The van der Waals surface area contributed by atoms with Gasteiger partial charge in [0.25, 0.3) is 20.2 Å². The number of alkyl halides is 3. The zero-order valence-electron chi connectivity index (χ0n) is 22.7. The Morgan fingerprint density at radius 2 is 1.63 bits per heavy atom. The highest BCUT2D eigenvalue weighted by Crippen LogP contribution is 2.39. The average molecular weight is 627 g/mol. The number of carbonyl (C=O) groups excluding carboxylic acids is 1. The highest BCUT2D eigenvalue weighted by atomic mass is 32.2. The van der Waals surface area contributed by atoms with Crippen LogP contribution in [0.1, 0.15) is 34.6 Å². The summed E-state index contributed by atoms with van der Waals surface area (Å²) in [5.74, 6) is -0.721. The second-order valence-electron chi connectivity index (χ2n) is 10.6. The maximum absolute atomic E-state index is 13.6. The summed E-state index contributed by atoms with van der Waals surface area (Å²) in [6.45, 7) is 5.44. The van der Waals surface area contributed by atoms with E-state index in [0.29, 0.717) is 13.8 Å². The van der Waals surface area contributed by atoms with E-state index < -0.39 is 62.1 Å². The standard InChI is InChI=1S/C24H30F4N4O7S2/c1-22(2,3)31-41(36,37)29-13-17-14-32(40(34,35)18-9-6-15(25)7-10-18)19-12-16(8-11-20(19)38-17)30-21(33)39-23(4,5)24(26,27)28/h6-12,17,29,31H,13-14H2,1-5H3,(H,30,33). The molecule has 11 nitrogen and oxygen atoms in total. The van der Waals surface area contributed by atoms with Crippen LogP contribution >= 0.6 is 0 Å². The predicted octanol–water partition coefficient (Wildman–Crippen LogP) is 3.89. The van der Waals surface area contributed by atoms with Gasteiger partial charge in [0.15, 0.2) is 0 Å². The van der Waals surface area contributed by atoms with Gasteiger partial charge in [-0.25, -0.2) is 17.6 Å². The van der Waals surface area contributed by atoms with Gasteiger partial charge in [0.05, 0.1) is 23.7 Å². The van der Waals surface area contributed by atoms with Crippen LogP contribution in [0.2, 0.25) is 0 Å². The molecule has 0 saturated heterocycles. The van der Waals surface area contributed by atoms with Gasteiger partial charge >= 0.3 is 12.3 Å². The summed E-state index contributed by atoms with van der Waals surface area (Å²) in [6.07, 6.45) is -7.34. The number of fused-ring (bicyclic) bond motifs is 1. The molecule has 3 rings (SSSR count). The lowest BCUT2D eigenvalue weighted by molar-refractivity contribution is -0.242. The number of carbonyl (C=O) groups is 1. The fourth-order valence-corrected chi connectivity index (χ4v) is 6.31. The number of sulfonamides is 1. The summed E-state index contributed by atoms with van der Waals surface area (Å²) >= 11 is 0. The van der Waals surface area contributed by atoms with E-state index in [1.807, 2.05) is 0 Å². The van der Waals surface area contributed by atoms with Crippen molar-refractivity contribution in [3.05, 3.63) is 48.3 Å². The minimum absolute atomic E-state index is 0.0375. The Hall–Kier alpha value is -3.15. The highest BCUT2D eigenvalue weighted by Gasteiger charge is 2.51. The van der Waals surface area contributed by atoms with Crippen LogP contribution in [0, 0.1) is 5.82 Å². The minimum Gasteiger partial charge on any atom is -0.485 e. The van der Waals surface area contributed by atoms with E-state index in [2.05, 4.69) is 19.5 Å². The first-order chi connectivity index (χ1) is 18.6. The number of hydrogen-bond donors (Lipinski definition) is 3. The van der Waals surface area contributed by atoms with Crippen molar-refractivity contribution in [2.45, 2.75) is 62.9 Å². The topological polar surface area (TPSA) is 143 Å². The van der Waals surface area contributed by atoms with Gasteiger partial charge in [-0.05, 0) is 77.1 Å². The third-order valence-corrected chi connectivity index (χ3v) is 8.73. The monoisotopic (exact) mass is 626 g/mol. The Morgan fingerprint density at radius 1 is 1.02 bits per heavy atom. The van der Waals surface area contributed by atoms with Crippen molar-refractivity contribution in [3.63, 3.8) is 0 Å². The molecular weight excluding hydrogens is 596 g/mol. The fraction of sp³-hybridized carbons (Fsp3) is 0.458. The summed E-state index contributed by atoms with van der Waals surface area (Å²) in [6, 6.07) is 7.56. The molecule has 1 amide bonds. The van der Waals surface area contributed by atoms with Gasteiger partial charge in [-0.2, -0.15) is 31.0 Å². The molecule has 2 aromatic rings. The molecule has 1 heterocycles. The molecule has 0 spiro atoms. The van der Waals surface area contributed by atoms with E-state index >= 15 is 0 Å². The van der Waals surface area contributed by atoms with Crippen molar-refractivity contribution >= 4 is 37.7 Å². The largest absolute Gasteiger partial charge is 0.485 e. The third kappa shape index (κ3) is 8.21. The minimum atomic E-state index is -4.85. The molecule has 1 unspecified atom stereocenters. The Kier molecular flexibility index (Phi) is 8.89. The van der Waals surface area contributed by atoms with Crippen molar-refractivity contribution in [3.8, 4) is 5.75 Å². The first-order valence-electron chi connectivity index (χ1n) is 12.0. The zero-order chi connectivity index (χ0) is 31.0. The molecule has 0 radical (unpaired) electrons. The van der Waals surface area contributed by atoms with Gasteiger partial charge < -0.3 is 9.47 Å². The van der Waals surface area contributed by atoms with Crippen LogP contribution in [0.3, 0.4) is 0 Å². The van der Waals surface area contributed by atoms with Gasteiger partial charge in [-0.15, -0.1) is 0 Å². The molecule has 0 aromatic heterocycles. The normalized spacial score (nSPS) is 16.5. The van der Waals surface area contributed by atoms with E-state index in [9.17, 15) is 39.2 Å². The summed E-state index contributed by atoms with van der Waals surface area (Å²) in [7, 11) is -8.40. The summed E-state index contributed by atoms with van der Waals surface area (Å²) < 4.78 is 121. The number of nitrogens with zero attached hydrogens (tertiary/aromatic N) is 1. The maximum atomic E-state index is 13.6. The molecule has 3 N–H and O–H groups in total. The van der Waals surface area contributed by atoms with Gasteiger partial charge in [-0.1, -0.05) is 0 Å². The number of benzene rings is 2. The number of halogens is 4. The molecule has 0 fully saturated rings. The number of anilines is 2. The Morgan fingerprint density at radius 3 is 2.20 bits per heavy atom. The molecule has 0 saturated carbocycles. The van der Waals surface area contributed by atoms with Gasteiger partial charge in [0.1, 0.15) is 17.7 Å². The van der Waals surface area contributed by atoms with Crippen LogP contribution < -0.4 is 23.8 Å². The lowest BCUT2D eigenvalue weighted by atomic mass is 10.1. The molecule has 1 aliphatic heterocycles. The van der Waals surface area contributed by atoms with E-state index in [4.69, 9.17) is 4.74 Å². The predicted molar refractivity (Wildman–Crippen MR) is 142 cm³/mol. The molecule has 1 atom stereocenters. The Bertz CT molecular complexity index is 1490. The van der Waals surface area contributed by atoms with Crippen molar-refractivity contribution < 1.29 is 48.7 Å². The van der Waals surface area contributed by atoms with Gasteiger partial charge in [-0.3, -0.25) is 9.62 Å². The van der Waals surface area contributed by atoms with Gasteiger partial charge in [0.2, 0.25) is 5.60 Å². The number of nitrogens with one attached hydrogen (secondary N) is 3. The second kappa shape index (κ2) is 11.3. The molecule has 0 aliphatic carbocycles. The summed E-state index contributed by atoms with van der Waals surface area (Å²) in [5, 5.41) is 2.13. The van der Waals surface area contributed by atoms with Crippen molar-refractivity contribution in [2.75, 3.05) is 22.7 Å². The second-order valence-corrected chi connectivity index (χ2v) is 14.0. The van der Waals surface area contributed by atoms with Crippen molar-refractivity contribution in [1.82, 2.24) is 9.44 Å². The molecule has 228 valence electrons. The van der Waals surface area contributed by atoms with Crippen LogP contribution in [-0.2, 0) is 25.0 Å². The number of hydrogen-bond acceptors (Lipinski definition) is 7. The molecule has 17 heteroatoms. The van der Waals surface area contributed by atoms with Gasteiger partial charge in [0, 0.05) is 11.2 Å². The highest BCUT2D eigenvalue weighted by molar-refractivity contribution is 7.92. The molecule has 0 bridgehead atoms. The number of rotatable bonds is 8. The Balaban J connectivity index is 1.94. The molecular formula is C24H30F4N4O7S2. The fourth-order valence-electron chi connectivity index (χ4n) is 3.53. The zero-order valence-corrected chi connectivity index (χ0v) is 24.3. The van der Waals surface area contributed by atoms with E-state index in [0.717, 1.165) is 34.6 Å². The lowest BCUT2D eigenvalue weighted by Gasteiger charge is -2.36. The van der Waals surface area contributed by atoms with E-state index in [1.54, 1.807) is 20.8 Å². The molecule has 2 aromatic carbocycles. The van der Waals surface area contributed by atoms with Crippen LogP contribution in [0.5, 0.6) is 5.75 Å². The third-order valence-electron chi connectivity index (χ3n) is 5.51. The SMILES string of the molecule is CC(C)(C)NS(=O)(=O)NCC1CN(S(=O)(=O)c2ccc(F)cc2)c2cc(NC(=O)OC(C)(C)C(F)(F)F)ccc2O1. The van der Waals surface area contributed by atoms with Crippen molar-refractivity contribution in [2.24, 2.45) is 0 Å². The number of amides is 1. The van der Waals surface area contributed by atoms with E-state index in [1.165, 1.54) is 12.1 Å². The maximum Gasteiger partial charge on any atom is 0.427 e. The first-order valence-corrected chi connectivity index (χ1v) is 15.0. The van der Waals surface area contributed by atoms with Crippen LogP contribution in [0.15, 0.2) is 47.4 Å². The molecule has 41 heavy (non-hydrogen) atoms.